The van der Waals surface area contributed by atoms with Crippen LogP contribution in [0.15, 0.2) is 30.3 Å². The molecule has 144 valence electrons. The molecule has 7 heteroatoms. The normalized spacial score (nSPS) is 23.5. The summed E-state index contributed by atoms with van der Waals surface area (Å²) in [6, 6.07) is 8.68. The van der Waals surface area contributed by atoms with Crippen molar-refractivity contribution >= 4 is 20.3 Å². The van der Waals surface area contributed by atoms with E-state index in [0.717, 1.165) is 0 Å². The minimum Gasteiger partial charge on any atom is -0.449 e. The molecular weight excluding hydrogens is 352 g/mol. The lowest BCUT2D eigenvalue weighted by Crippen LogP contribution is -2.49. The van der Waals surface area contributed by atoms with Crippen LogP contribution in [0.1, 0.15) is 38.1 Å². The molecule has 26 heavy (non-hydrogen) atoms. The maximum absolute atomic E-state index is 12.5. The Bertz CT molecular complexity index is 637. The Morgan fingerprint density at radius 1 is 1.12 bits per heavy atom. The van der Waals surface area contributed by atoms with Crippen LogP contribution < -0.4 is 0 Å². The van der Waals surface area contributed by atoms with Crippen molar-refractivity contribution in [3.8, 4) is 0 Å². The van der Waals surface area contributed by atoms with Gasteiger partial charge in [0.2, 0.25) is 6.29 Å². The van der Waals surface area contributed by atoms with Gasteiger partial charge >= 0.3 is 11.9 Å². The Morgan fingerprint density at radius 3 is 2.27 bits per heavy atom. The maximum Gasteiger partial charge on any atom is 0.338 e. The Balaban J connectivity index is 2.19. The molecule has 0 aliphatic carbocycles. The first-order valence-corrected chi connectivity index (χ1v) is 11.6. The van der Waals surface area contributed by atoms with Crippen molar-refractivity contribution < 1.29 is 28.2 Å². The van der Waals surface area contributed by atoms with Gasteiger partial charge < -0.3 is 18.6 Å². The number of ether oxygens (including phenoxy) is 3. The molecule has 3 atom stereocenters. The smallest absolute Gasteiger partial charge is 0.338 e. The van der Waals surface area contributed by atoms with Crippen molar-refractivity contribution in [2.45, 2.75) is 64.3 Å². The Labute approximate surface area is 155 Å². The van der Waals surface area contributed by atoms with Crippen molar-refractivity contribution in [1.29, 1.82) is 0 Å². The number of carbonyl (C=O) groups excluding carboxylic acids is 2. The van der Waals surface area contributed by atoms with Crippen LogP contribution in [0.25, 0.3) is 0 Å². The molecule has 0 amide bonds. The van der Waals surface area contributed by atoms with Crippen LogP contribution >= 0.6 is 0 Å². The van der Waals surface area contributed by atoms with Gasteiger partial charge in [0.25, 0.3) is 0 Å². The molecular formula is C19H28O6Si. The summed E-state index contributed by atoms with van der Waals surface area (Å²) >= 11 is 0. The Hall–Kier alpha value is -1.70. The van der Waals surface area contributed by atoms with Crippen LogP contribution in [0.2, 0.25) is 18.1 Å². The van der Waals surface area contributed by atoms with Crippen molar-refractivity contribution in [1.82, 2.24) is 0 Å². The summed E-state index contributed by atoms with van der Waals surface area (Å²) in [4.78, 5) is 23.9. The molecule has 0 bridgehead atoms. The van der Waals surface area contributed by atoms with Gasteiger partial charge in [-0.1, -0.05) is 39.0 Å². The fourth-order valence-corrected chi connectivity index (χ4v) is 3.69. The zero-order valence-corrected chi connectivity index (χ0v) is 17.3. The van der Waals surface area contributed by atoms with Gasteiger partial charge in [0.15, 0.2) is 14.4 Å². The summed E-state index contributed by atoms with van der Waals surface area (Å²) in [5, 5.41) is -0.0134. The number of esters is 2. The van der Waals surface area contributed by atoms with Gasteiger partial charge in [-0.15, -0.1) is 0 Å². The van der Waals surface area contributed by atoms with E-state index in [9.17, 15) is 9.59 Å². The first-order chi connectivity index (χ1) is 12.0. The van der Waals surface area contributed by atoms with Gasteiger partial charge in [-0.2, -0.15) is 0 Å². The van der Waals surface area contributed by atoms with E-state index in [1.807, 2.05) is 6.07 Å². The van der Waals surface area contributed by atoms with Crippen LogP contribution in [0.3, 0.4) is 0 Å². The highest BCUT2D eigenvalue weighted by molar-refractivity contribution is 6.74. The highest BCUT2D eigenvalue weighted by Gasteiger charge is 2.48. The second kappa shape index (κ2) is 7.90. The first-order valence-electron chi connectivity index (χ1n) is 8.74. The average Bonchev–Trinajstić information content (AvgIpc) is 2.88. The van der Waals surface area contributed by atoms with Gasteiger partial charge in [0, 0.05) is 6.92 Å². The van der Waals surface area contributed by atoms with Crippen molar-refractivity contribution in [2.24, 2.45) is 0 Å². The van der Waals surface area contributed by atoms with E-state index in [1.165, 1.54) is 6.92 Å². The molecule has 1 fully saturated rings. The van der Waals surface area contributed by atoms with Crippen molar-refractivity contribution in [3.63, 3.8) is 0 Å². The zero-order valence-electron chi connectivity index (χ0n) is 16.3. The van der Waals surface area contributed by atoms with Crippen LogP contribution in [-0.4, -0.2) is 45.4 Å². The molecule has 1 aliphatic rings. The van der Waals surface area contributed by atoms with Crippen LogP contribution in [0.5, 0.6) is 0 Å². The van der Waals surface area contributed by atoms with E-state index in [2.05, 4.69) is 33.9 Å². The molecule has 1 aromatic carbocycles. The van der Waals surface area contributed by atoms with E-state index >= 15 is 0 Å². The van der Waals surface area contributed by atoms with Crippen LogP contribution in [0, 0.1) is 0 Å². The Kier molecular flexibility index (Phi) is 6.26. The molecule has 2 rings (SSSR count). The minimum atomic E-state index is -2.12. The topological polar surface area (TPSA) is 71.1 Å². The fraction of sp³-hybridized carbons (Fsp3) is 0.579. The molecule has 0 aromatic heterocycles. The molecule has 1 aromatic rings. The van der Waals surface area contributed by atoms with Crippen LogP contribution in [-0.2, 0) is 23.4 Å². The SMILES string of the molecule is CC(=O)OC1OCC(O[Si](C)(C)C(C)(C)C)C1OC(=O)c1ccccc1. The predicted octanol–water partition coefficient (Wildman–Crippen LogP) is 3.52. The maximum atomic E-state index is 12.5. The zero-order chi connectivity index (χ0) is 19.5. The predicted molar refractivity (Wildman–Crippen MR) is 99.2 cm³/mol. The lowest BCUT2D eigenvalue weighted by Gasteiger charge is -2.39. The molecule has 0 N–H and O–H groups in total. The third kappa shape index (κ3) is 4.93. The fourth-order valence-electron chi connectivity index (χ4n) is 2.37. The summed E-state index contributed by atoms with van der Waals surface area (Å²) in [5.41, 5.74) is 0.423. The summed E-state index contributed by atoms with van der Waals surface area (Å²) in [5.74, 6) is -0.995. The van der Waals surface area contributed by atoms with Gasteiger partial charge in [-0.3, -0.25) is 4.79 Å². The third-order valence-electron chi connectivity index (χ3n) is 4.85. The summed E-state index contributed by atoms with van der Waals surface area (Å²) in [6.07, 6.45) is -2.25. The summed E-state index contributed by atoms with van der Waals surface area (Å²) in [7, 11) is -2.12. The molecule has 0 saturated carbocycles. The van der Waals surface area contributed by atoms with E-state index < -0.39 is 38.8 Å². The monoisotopic (exact) mass is 380 g/mol. The molecule has 0 spiro atoms. The van der Waals surface area contributed by atoms with Gasteiger partial charge in [0.05, 0.1) is 12.2 Å². The molecule has 1 heterocycles. The highest BCUT2D eigenvalue weighted by atomic mass is 28.4. The molecule has 0 radical (unpaired) electrons. The molecule has 1 aliphatic heterocycles. The average molecular weight is 381 g/mol. The second-order valence-electron chi connectivity index (χ2n) is 7.96. The number of carbonyl (C=O) groups is 2. The van der Waals surface area contributed by atoms with E-state index in [-0.39, 0.29) is 11.6 Å². The second-order valence-corrected chi connectivity index (χ2v) is 12.7. The first kappa shape index (κ1) is 20.6. The standard InChI is InChI=1S/C19H28O6Si/c1-13(20)23-18-16(24-17(21)14-10-8-7-9-11-14)15(12-22-18)25-26(5,6)19(2,3)4/h7-11,15-16,18H,12H2,1-6H3. The summed E-state index contributed by atoms with van der Waals surface area (Å²) < 4.78 is 22.8. The van der Waals surface area contributed by atoms with Gasteiger partial charge in [-0.05, 0) is 30.3 Å². The Morgan fingerprint density at radius 2 is 1.73 bits per heavy atom. The largest absolute Gasteiger partial charge is 0.449 e. The number of benzene rings is 1. The van der Waals surface area contributed by atoms with Crippen molar-refractivity contribution in [3.05, 3.63) is 35.9 Å². The lowest BCUT2D eigenvalue weighted by molar-refractivity contribution is -0.180. The molecule has 6 nitrogen and oxygen atoms in total. The van der Waals surface area contributed by atoms with Crippen molar-refractivity contribution in [2.75, 3.05) is 6.61 Å². The van der Waals surface area contributed by atoms with E-state index in [4.69, 9.17) is 18.6 Å². The lowest BCUT2D eigenvalue weighted by atomic mass is 10.2. The third-order valence-corrected chi connectivity index (χ3v) is 9.35. The van der Waals surface area contributed by atoms with Gasteiger partial charge in [0.1, 0.15) is 6.10 Å². The van der Waals surface area contributed by atoms with E-state index in [0.29, 0.717) is 5.56 Å². The number of hydrogen-bond donors (Lipinski definition) is 0. The summed E-state index contributed by atoms with van der Waals surface area (Å²) in [6.45, 7) is 12.1. The quantitative estimate of drug-likeness (QED) is 0.575. The molecule has 3 unspecified atom stereocenters. The minimum absolute atomic E-state index is 0.0134. The number of rotatable bonds is 5. The van der Waals surface area contributed by atoms with E-state index in [1.54, 1.807) is 24.3 Å². The highest BCUT2D eigenvalue weighted by Crippen LogP contribution is 2.39. The van der Waals surface area contributed by atoms with Crippen LogP contribution in [0.4, 0.5) is 0 Å². The molecule has 1 saturated heterocycles. The van der Waals surface area contributed by atoms with Gasteiger partial charge in [-0.25, -0.2) is 4.79 Å². The number of hydrogen-bond acceptors (Lipinski definition) is 6.